The van der Waals surface area contributed by atoms with Crippen LogP contribution >= 0.6 is 0 Å². The maximum atomic E-state index is 14.8. The number of rotatable bonds is 20. The van der Waals surface area contributed by atoms with Crippen LogP contribution in [0.4, 0.5) is 11.4 Å². The molecule has 4 aromatic rings. The monoisotopic (exact) mass is 904 g/mol. The van der Waals surface area contributed by atoms with Crippen LogP contribution in [0, 0.1) is 38.0 Å². The highest BCUT2D eigenvalue weighted by atomic mass is 16.7. The van der Waals surface area contributed by atoms with Gasteiger partial charge in [-0.3, -0.25) is 25.0 Å². The zero-order valence-corrected chi connectivity index (χ0v) is 36.5. The number of fused-ring (bicyclic) bond motifs is 3. The first kappa shape index (κ1) is 45.7. The maximum absolute atomic E-state index is 14.8. The van der Waals surface area contributed by atoms with E-state index >= 15 is 0 Å². The molecule has 2 heterocycles. The first-order valence-corrected chi connectivity index (χ1v) is 22.1. The Bertz CT molecular complexity index is 2510. The van der Waals surface area contributed by atoms with Crippen molar-refractivity contribution in [3.05, 3.63) is 146 Å². The van der Waals surface area contributed by atoms with E-state index in [4.69, 9.17) is 33.7 Å². The van der Waals surface area contributed by atoms with E-state index in [9.17, 15) is 35.2 Å². The number of aliphatic hydroxyl groups excluding tert-OH is 2. The van der Waals surface area contributed by atoms with Crippen molar-refractivity contribution in [2.45, 2.75) is 69.3 Å². The molecule has 0 bridgehead atoms. The predicted molar refractivity (Wildman–Crippen MR) is 241 cm³/mol. The molecular weight excluding hydrogens is 853 g/mol. The average Bonchev–Trinajstić information content (AvgIpc) is 3.80. The Balaban J connectivity index is 1.29. The fraction of sp³-hybridized carbons (Fsp3) is 0.388. The topological polar surface area (TPSA) is 215 Å². The fourth-order valence-electron chi connectivity index (χ4n) is 9.86. The molecule has 8 rings (SSSR count). The molecule has 4 aromatic carbocycles. The van der Waals surface area contributed by atoms with Crippen molar-refractivity contribution in [2.24, 2.45) is 22.9 Å². The van der Waals surface area contributed by atoms with Crippen LogP contribution in [0.2, 0.25) is 0 Å². The highest BCUT2D eigenvalue weighted by molar-refractivity contribution is 6.03. The van der Waals surface area contributed by atoms with Crippen molar-refractivity contribution < 1.29 is 53.4 Å². The molecule has 0 radical (unpaired) electrons. The number of allylic oxidation sites excluding steroid dienone is 1. The molecule has 66 heavy (non-hydrogen) atoms. The van der Waals surface area contributed by atoms with Crippen molar-refractivity contribution in [2.75, 3.05) is 33.7 Å². The van der Waals surface area contributed by atoms with E-state index in [2.05, 4.69) is 12.7 Å². The minimum atomic E-state index is -1.54. The summed E-state index contributed by atoms with van der Waals surface area (Å²) in [5, 5.41) is 47.7. The van der Waals surface area contributed by atoms with E-state index in [-0.39, 0.29) is 80.4 Å². The lowest BCUT2D eigenvalue weighted by molar-refractivity contribution is -0.385. The van der Waals surface area contributed by atoms with Gasteiger partial charge in [0.25, 0.3) is 17.3 Å². The smallest absolute Gasteiger partial charge is 0.273 e. The molecule has 346 valence electrons. The molecule has 1 fully saturated rings. The number of likely N-dealkylation sites (N-methyl/N-ethyl adjacent to an activating group) is 1. The van der Waals surface area contributed by atoms with E-state index in [0.29, 0.717) is 65.5 Å². The van der Waals surface area contributed by atoms with E-state index < -0.39 is 27.6 Å². The number of carbonyl (C=O) groups excluding carboxylic acids is 1. The Morgan fingerprint density at radius 2 is 1.62 bits per heavy atom. The summed E-state index contributed by atoms with van der Waals surface area (Å²) in [5.41, 5.74) is 2.98. The van der Waals surface area contributed by atoms with Crippen LogP contribution in [-0.2, 0) is 16.2 Å². The summed E-state index contributed by atoms with van der Waals surface area (Å²) in [6.07, 6.45) is 8.00. The van der Waals surface area contributed by atoms with Crippen LogP contribution in [0.1, 0.15) is 72.3 Å². The number of oxime groups is 1. The van der Waals surface area contributed by atoms with Gasteiger partial charge in [-0.2, -0.15) is 0 Å². The van der Waals surface area contributed by atoms with Gasteiger partial charge in [-0.05, 0) is 103 Å². The summed E-state index contributed by atoms with van der Waals surface area (Å²) in [6.45, 7) is 4.12. The van der Waals surface area contributed by atoms with Gasteiger partial charge < -0.3 is 43.6 Å². The van der Waals surface area contributed by atoms with Crippen LogP contribution in [0.25, 0.3) is 0 Å². The molecule has 6 atom stereocenters. The molecule has 0 saturated heterocycles. The minimum absolute atomic E-state index is 0.000989. The highest BCUT2D eigenvalue weighted by Gasteiger charge is 2.65. The Hall–Kier alpha value is -6.82. The molecule has 0 aromatic heterocycles. The van der Waals surface area contributed by atoms with Crippen LogP contribution < -0.4 is 18.9 Å². The third-order valence-electron chi connectivity index (χ3n) is 12.9. The number of unbranched alkanes of at least 4 members (excludes halogenated alkanes) is 2. The summed E-state index contributed by atoms with van der Waals surface area (Å²) in [4.78, 5) is 44.6. The number of hydrogen-bond acceptors (Lipinski definition) is 14. The lowest BCUT2D eigenvalue weighted by Crippen LogP contribution is -2.69. The van der Waals surface area contributed by atoms with Gasteiger partial charge in [0.2, 0.25) is 12.6 Å². The van der Waals surface area contributed by atoms with Crippen LogP contribution in [0.5, 0.6) is 28.7 Å². The standard InChI is InChI=1S/C49H52N4O13/c1-3-23-63-49-45(51(2)48(56)33-15-19-43-44(25-33)62-30-61-43)28-41(50-64-29-31-13-16-34(17-14-31)52(57)58)39-24-32(9-4-6-21-54)38(12-5-7-22-55)46(47(39)49)40-27-37(18-20-42(40)66-49)65-36-11-8-10-35(26-36)53(59)60/h3,8,10-11,13-20,24-27,32,38,45-47,54-55H,1,4-7,9,12,21-23,28-30H2,2H3/t32-,38+,45-,46+,47+,49+/m0/s1. The van der Waals surface area contributed by atoms with Crippen molar-refractivity contribution in [1.29, 1.82) is 0 Å². The number of hydrogen-bond donors (Lipinski definition) is 2. The zero-order chi connectivity index (χ0) is 46.4. The molecule has 2 N–H and O–H groups in total. The van der Waals surface area contributed by atoms with Gasteiger partial charge in [-0.1, -0.05) is 36.2 Å². The predicted octanol–water partition coefficient (Wildman–Crippen LogP) is 8.63. The molecule has 17 nitrogen and oxygen atoms in total. The molecule has 0 unspecified atom stereocenters. The van der Waals surface area contributed by atoms with Gasteiger partial charge in [0.15, 0.2) is 11.5 Å². The number of carbonyl (C=O) groups is 1. The largest absolute Gasteiger partial charge is 0.459 e. The zero-order valence-electron chi connectivity index (χ0n) is 36.5. The molecule has 2 aliphatic carbocycles. The van der Waals surface area contributed by atoms with Gasteiger partial charge in [-0.25, -0.2) is 0 Å². The Morgan fingerprint density at radius 1 is 0.894 bits per heavy atom. The average molecular weight is 905 g/mol. The third kappa shape index (κ3) is 9.32. The number of nitro groups is 2. The van der Waals surface area contributed by atoms with Crippen LogP contribution in [0.3, 0.4) is 0 Å². The Kier molecular flexibility index (Phi) is 14.0. The quantitative estimate of drug-likeness (QED) is 0.0368. The number of amides is 1. The normalized spacial score (nSPS) is 22.9. The fourth-order valence-corrected chi connectivity index (χ4v) is 9.86. The van der Waals surface area contributed by atoms with Gasteiger partial charge in [0.1, 0.15) is 29.9 Å². The number of aliphatic hydroxyl groups is 2. The van der Waals surface area contributed by atoms with Crippen molar-refractivity contribution in [3.63, 3.8) is 0 Å². The molecule has 17 heteroatoms. The summed E-state index contributed by atoms with van der Waals surface area (Å²) < 4.78 is 31.7. The summed E-state index contributed by atoms with van der Waals surface area (Å²) in [7, 11) is 1.70. The molecule has 0 spiro atoms. The number of benzene rings is 4. The maximum Gasteiger partial charge on any atom is 0.273 e. The number of ether oxygens (including phenoxy) is 5. The van der Waals surface area contributed by atoms with Crippen LogP contribution in [-0.4, -0.2) is 82.1 Å². The summed E-state index contributed by atoms with van der Waals surface area (Å²) in [6, 6.07) is 21.6. The van der Waals surface area contributed by atoms with E-state index in [1.807, 2.05) is 6.07 Å². The second-order valence-electron chi connectivity index (χ2n) is 16.8. The molecule has 1 saturated carbocycles. The minimum Gasteiger partial charge on any atom is -0.459 e. The number of nitrogens with zero attached hydrogens (tertiary/aromatic N) is 4. The molecule has 1 amide bonds. The Labute approximate surface area is 381 Å². The Morgan fingerprint density at radius 3 is 2.36 bits per heavy atom. The number of non-ortho nitro benzene ring substituents is 2. The summed E-state index contributed by atoms with van der Waals surface area (Å²) in [5.74, 6) is -0.858. The first-order chi connectivity index (χ1) is 32.0. The van der Waals surface area contributed by atoms with E-state index in [1.165, 1.54) is 24.3 Å². The van der Waals surface area contributed by atoms with Gasteiger partial charge in [-0.15, -0.1) is 6.58 Å². The van der Waals surface area contributed by atoms with Gasteiger partial charge in [0, 0.05) is 61.9 Å². The van der Waals surface area contributed by atoms with E-state index in [0.717, 1.165) is 24.0 Å². The lowest BCUT2D eigenvalue weighted by atomic mass is 9.55. The van der Waals surface area contributed by atoms with Crippen molar-refractivity contribution in [3.8, 4) is 28.7 Å². The van der Waals surface area contributed by atoms with Crippen molar-refractivity contribution >= 4 is 23.0 Å². The second kappa shape index (κ2) is 20.1. The van der Waals surface area contributed by atoms with Gasteiger partial charge >= 0.3 is 0 Å². The first-order valence-electron chi connectivity index (χ1n) is 22.1. The van der Waals surface area contributed by atoms with Crippen molar-refractivity contribution in [1.82, 2.24) is 4.90 Å². The molecular formula is C49H52N4O13. The second-order valence-corrected chi connectivity index (χ2v) is 16.8. The molecule has 4 aliphatic rings. The lowest BCUT2D eigenvalue weighted by Gasteiger charge is -2.59. The van der Waals surface area contributed by atoms with E-state index in [1.54, 1.807) is 72.6 Å². The van der Waals surface area contributed by atoms with Gasteiger partial charge in [0.05, 0.1) is 34.1 Å². The highest BCUT2D eigenvalue weighted by Crippen LogP contribution is 2.62. The van der Waals surface area contributed by atoms with Crippen LogP contribution in [0.15, 0.2) is 114 Å². The number of nitro benzene ring substituents is 2. The molecule has 2 aliphatic heterocycles. The summed E-state index contributed by atoms with van der Waals surface area (Å²) >= 11 is 0. The third-order valence-corrected chi connectivity index (χ3v) is 12.9. The SMILES string of the molecule is C=CCO[C@@]12Oc3ccc(Oc4cccc([N+](=O)[O-])c4)cc3[C@H]3[C@H](CCCCO)[C@@H](CCCCO)C=C(C(=NOCc4ccc([N+](=O)[O-])cc4)C[C@@H]1N(C)C(=O)c1ccc4c(c1)OCO4)[C@H]32.